The van der Waals surface area contributed by atoms with E-state index in [1.807, 2.05) is 19.1 Å². The number of hydrogen-bond donors (Lipinski definition) is 1. The van der Waals surface area contributed by atoms with Crippen molar-refractivity contribution in [2.45, 2.75) is 32.2 Å². The standard InChI is InChI=1S/C13H20N2O/c1-3-16-13-8-10(14)7-12(9-13)15(2)11-5-4-6-11/h7-9,11H,3-6,14H2,1-2H3. The number of ether oxygens (including phenoxy) is 1. The van der Waals surface area contributed by atoms with Gasteiger partial charge in [0.15, 0.2) is 0 Å². The Bertz CT molecular complexity index is 361. The number of nitrogens with zero attached hydrogens (tertiary/aromatic N) is 1. The highest BCUT2D eigenvalue weighted by Crippen LogP contribution is 2.31. The Labute approximate surface area is 97.2 Å². The highest BCUT2D eigenvalue weighted by atomic mass is 16.5. The van der Waals surface area contributed by atoms with E-state index in [1.165, 1.54) is 19.3 Å². The lowest BCUT2D eigenvalue weighted by Gasteiger charge is -2.36. The van der Waals surface area contributed by atoms with Crippen LogP contribution in [0.2, 0.25) is 0 Å². The van der Waals surface area contributed by atoms with Gasteiger partial charge in [-0.05, 0) is 32.3 Å². The molecule has 0 atom stereocenters. The molecule has 0 spiro atoms. The van der Waals surface area contributed by atoms with Crippen molar-refractivity contribution in [2.75, 3.05) is 24.3 Å². The van der Waals surface area contributed by atoms with Gasteiger partial charge in [0.25, 0.3) is 0 Å². The van der Waals surface area contributed by atoms with Gasteiger partial charge in [-0.2, -0.15) is 0 Å². The van der Waals surface area contributed by atoms with E-state index in [4.69, 9.17) is 10.5 Å². The van der Waals surface area contributed by atoms with Gasteiger partial charge >= 0.3 is 0 Å². The fourth-order valence-electron chi connectivity index (χ4n) is 2.04. The minimum absolute atomic E-state index is 0.677. The molecule has 2 N–H and O–H groups in total. The van der Waals surface area contributed by atoms with E-state index >= 15 is 0 Å². The van der Waals surface area contributed by atoms with E-state index in [0.29, 0.717) is 12.6 Å². The van der Waals surface area contributed by atoms with E-state index in [1.54, 1.807) is 0 Å². The molecule has 0 unspecified atom stereocenters. The van der Waals surface area contributed by atoms with Crippen molar-refractivity contribution in [1.29, 1.82) is 0 Å². The number of nitrogen functional groups attached to an aromatic ring is 1. The van der Waals surface area contributed by atoms with E-state index in [-0.39, 0.29) is 0 Å². The summed E-state index contributed by atoms with van der Waals surface area (Å²) in [6, 6.07) is 6.64. The molecule has 1 aromatic rings. The molecule has 0 bridgehead atoms. The van der Waals surface area contributed by atoms with Gasteiger partial charge in [-0.1, -0.05) is 0 Å². The fourth-order valence-corrected chi connectivity index (χ4v) is 2.04. The SMILES string of the molecule is CCOc1cc(N)cc(N(C)C2CCC2)c1. The van der Waals surface area contributed by atoms with Crippen LogP contribution in [0.25, 0.3) is 0 Å². The molecular formula is C13H20N2O. The number of rotatable bonds is 4. The first-order chi connectivity index (χ1) is 7.70. The molecule has 0 radical (unpaired) electrons. The number of benzene rings is 1. The van der Waals surface area contributed by atoms with E-state index < -0.39 is 0 Å². The molecule has 0 saturated heterocycles. The largest absolute Gasteiger partial charge is 0.494 e. The molecule has 88 valence electrons. The first-order valence-corrected chi connectivity index (χ1v) is 5.97. The van der Waals surface area contributed by atoms with Gasteiger partial charge in [-0.15, -0.1) is 0 Å². The molecule has 3 nitrogen and oxygen atoms in total. The van der Waals surface area contributed by atoms with Gasteiger partial charge in [0.05, 0.1) is 6.61 Å². The molecule has 3 heteroatoms. The lowest BCUT2D eigenvalue weighted by Crippen LogP contribution is -2.37. The Kier molecular flexibility index (Phi) is 3.22. The van der Waals surface area contributed by atoms with Crippen molar-refractivity contribution < 1.29 is 4.74 Å². The monoisotopic (exact) mass is 220 g/mol. The molecule has 1 aliphatic carbocycles. The Morgan fingerprint density at radius 1 is 1.38 bits per heavy atom. The summed E-state index contributed by atoms with van der Waals surface area (Å²) in [5, 5.41) is 0. The van der Waals surface area contributed by atoms with Gasteiger partial charge < -0.3 is 15.4 Å². The lowest BCUT2D eigenvalue weighted by atomic mass is 9.91. The summed E-state index contributed by atoms with van der Waals surface area (Å²) in [7, 11) is 2.13. The zero-order valence-electron chi connectivity index (χ0n) is 10.1. The van der Waals surface area contributed by atoms with Crippen LogP contribution in [0, 0.1) is 0 Å². The molecule has 1 aromatic carbocycles. The third-order valence-corrected chi connectivity index (χ3v) is 3.25. The normalized spacial score (nSPS) is 15.6. The molecule has 2 rings (SSSR count). The van der Waals surface area contributed by atoms with Gasteiger partial charge in [-0.3, -0.25) is 0 Å². The van der Waals surface area contributed by atoms with Crippen LogP contribution in [0.1, 0.15) is 26.2 Å². The Hall–Kier alpha value is -1.38. The third kappa shape index (κ3) is 2.23. The topological polar surface area (TPSA) is 38.5 Å². The van der Waals surface area contributed by atoms with E-state index in [9.17, 15) is 0 Å². The van der Waals surface area contributed by atoms with Crippen LogP contribution in [0.15, 0.2) is 18.2 Å². The molecule has 1 fully saturated rings. The predicted molar refractivity (Wildman–Crippen MR) is 68.1 cm³/mol. The highest BCUT2D eigenvalue weighted by molar-refractivity contribution is 5.60. The summed E-state index contributed by atoms with van der Waals surface area (Å²) >= 11 is 0. The first-order valence-electron chi connectivity index (χ1n) is 5.97. The van der Waals surface area contributed by atoms with Crippen LogP contribution >= 0.6 is 0 Å². The average molecular weight is 220 g/mol. The second kappa shape index (κ2) is 4.64. The van der Waals surface area contributed by atoms with E-state index in [2.05, 4.69) is 18.0 Å². The van der Waals surface area contributed by atoms with Crippen molar-refractivity contribution in [2.24, 2.45) is 0 Å². The molecule has 0 aromatic heterocycles. The predicted octanol–water partition coefficient (Wildman–Crippen LogP) is 2.66. The van der Waals surface area contributed by atoms with Crippen LogP contribution < -0.4 is 15.4 Å². The highest BCUT2D eigenvalue weighted by Gasteiger charge is 2.22. The minimum Gasteiger partial charge on any atom is -0.494 e. The summed E-state index contributed by atoms with van der Waals surface area (Å²) in [6.07, 6.45) is 3.92. The lowest BCUT2D eigenvalue weighted by molar-refractivity contribution is 0.340. The maximum absolute atomic E-state index is 5.88. The van der Waals surface area contributed by atoms with Crippen LogP contribution in [-0.4, -0.2) is 19.7 Å². The maximum Gasteiger partial charge on any atom is 0.123 e. The zero-order valence-corrected chi connectivity index (χ0v) is 10.1. The smallest absolute Gasteiger partial charge is 0.123 e. The average Bonchev–Trinajstić information content (AvgIpc) is 2.14. The molecule has 0 heterocycles. The van der Waals surface area contributed by atoms with Crippen molar-refractivity contribution in [3.63, 3.8) is 0 Å². The van der Waals surface area contributed by atoms with Crippen LogP contribution in [0.5, 0.6) is 5.75 Å². The molecule has 1 aliphatic rings. The van der Waals surface area contributed by atoms with Gasteiger partial charge in [-0.25, -0.2) is 0 Å². The summed E-state index contributed by atoms with van der Waals surface area (Å²) in [5.74, 6) is 0.865. The minimum atomic E-state index is 0.677. The zero-order chi connectivity index (χ0) is 11.5. The van der Waals surface area contributed by atoms with Gasteiger partial charge in [0.2, 0.25) is 0 Å². The summed E-state index contributed by atoms with van der Waals surface area (Å²) < 4.78 is 5.50. The third-order valence-electron chi connectivity index (χ3n) is 3.25. The fraction of sp³-hybridized carbons (Fsp3) is 0.538. The Balaban J connectivity index is 2.18. The van der Waals surface area contributed by atoms with Gasteiger partial charge in [0.1, 0.15) is 5.75 Å². The molecule has 16 heavy (non-hydrogen) atoms. The molecule has 1 saturated carbocycles. The maximum atomic E-state index is 5.88. The molecule has 0 amide bonds. The van der Waals surface area contributed by atoms with Crippen molar-refractivity contribution in [1.82, 2.24) is 0 Å². The van der Waals surface area contributed by atoms with Crippen LogP contribution in [-0.2, 0) is 0 Å². The summed E-state index contributed by atoms with van der Waals surface area (Å²) in [4.78, 5) is 2.31. The van der Waals surface area contributed by atoms with Crippen molar-refractivity contribution in [3.05, 3.63) is 18.2 Å². The molecular weight excluding hydrogens is 200 g/mol. The second-order valence-electron chi connectivity index (χ2n) is 4.39. The van der Waals surface area contributed by atoms with Crippen molar-refractivity contribution >= 4 is 11.4 Å². The van der Waals surface area contributed by atoms with E-state index in [0.717, 1.165) is 17.1 Å². The Morgan fingerprint density at radius 3 is 2.69 bits per heavy atom. The number of anilines is 2. The van der Waals surface area contributed by atoms with Crippen LogP contribution in [0.4, 0.5) is 11.4 Å². The summed E-state index contributed by atoms with van der Waals surface area (Å²) in [5.41, 5.74) is 7.81. The quantitative estimate of drug-likeness (QED) is 0.793. The molecule has 0 aliphatic heterocycles. The second-order valence-corrected chi connectivity index (χ2v) is 4.39. The number of nitrogens with two attached hydrogens (primary N) is 1. The van der Waals surface area contributed by atoms with Crippen LogP contribution in [0.3, 0.4) is 0 Å². The summed E-state index contributed by atoms with van der Waals surface area (Å²) in [6.45, 7) is 2.66. The van der Waals surface area contributed by atoms with Gasteiger partial charge in [0, 0.05) is 36.6 Å². The Morgan fingerprint density at radius 2 is 2.12 bits per heavy atom. The van der Waals surface area contributed by atoms with Crippen molar-refractivity contribution in [3.8, 4) is 5.75 Å². The first kappa shape index (κ1) is 11.1. The number of hydrogen-bond acceptors (Lipinski definition) is 3.